The summed E-state index contributed by atoms with van der Waals surface area (Å²) in [5.41, 5.74) is 9.22. The standard InChI is InChI=1S/C22H23FN2O4S/c1-4-29-22(26)21(24)19-13-20(15-8-10-18(11-9-15)30(3,27)28)25(14(19)2)17-7-5-6-16(23)12-17/h5-13,21H,4,24H2,1-3H3/t21-/m1/s1. The number of hydrogen-bond donors (Lipinski definition) is 1. The molecule has 0 unspecified atom stereocenters. The number of aromatic nitrogens is 1. The van der Waals surface area contributed by atoms with Gasteiger partial charge in [0.15, 0.2) is 9.84 Å². The molecule has 0 aliphatic carbocycles. The number of rotatable bonds is 6. The van der Waals surface area contributed by atoms with E-state index in [4.69, 9.17) is 10.5 Å². The van der Waals surface area contributed by atoms with Crippen LogP contribution in [0.2, 0.25) is 0 Å². The van der Waals surface area contributed by atoms with Gasteiger partial charge in [-0.15, -0.1) is 0 Å². The highest BCUT2D eigenvalue weighted by Gasteiger charge is 2.25. The monoisotopic (exact) mass is 430 g/mol. The van der Waals surface area contributed by atoms with Gasteiger partial charge in [-0.05, 0) is 55.8 Å². The van der Waals surface area contributed by atoms with Crippen molar-refractivity contribution in [3.05, 3.63) is 71.7 Å². The topological polar surface area (TPSA) is 91.4 Å². The largest absolute Gasteiger partial charge is 0.465 e. The number of carbonyl (C=O) groups excluding carboxylic acids is 1. The van der Waals surface area contributed by atoms with Gasteiger partial charge in [-0.25, -0.2) is 17.6 Å². The van der Waals surface area contributed by atoms with Crippen LogP contribution in [0.25, 0.3) is 16.9 Å². The van der Waals surface area contributed by atoms with Gasteiger partial charge in [-0.1, -0.05) is 18.2 Å². The van der Waals surface area contributed by atoms with Crippen LogP contribution in [0.5, 0.6) is 0 Å². The fraction of sp³-hybridized carbons (Fsp3) is 0.227. The van der Waals surface area contributed by atoms with Gasteiger partial charge in [-0.2, -0.15) is 0 Å². The van der Waals surface area contributed by atoms with Crippen LogP contribution in [-0.4, -0.2) is 31.8 Å². The molecule has 0 saturated heterocycles. The van der Waals surface area contributed by atoms with E-state index in [1.165, 1.54) is 24.3 Å². The van der Waals surface area contributed by atoms with Crippen molar-refractivity contribution in [3.63, 3.8) is 0 Å². The smallest absolute Gasteiger partial charge is 0.327 e. The van der Waals surface area contributed by atoms with Crippen molar-refractivity contribution >= 4 is 15.8 Å². The first-order valence-corrected chi connectivity index (χ1v) is 11.2. The quantitative estimate of drug-likeness (QED) is 0.604. The van der Waals surface area contributed by atoms with Gasteiger partial charge in [-0.3, -0.25) is 0 Å². The fourth-order valence-corrected chi connectivity index (χ4v) is 3.96. The number of carbonyl (C=O) groups is 1. The predicted octanol–water partition coefficient (Wildman–Crippen LogP) is 3.56. The zero-order chi connectivity index (χ0) is 22.1. The molecule has 1 atom stereocenters. The summed E-state index contributed by atoms with van der Waals surface area (Å²) in [5.74, 6) is -0.966. The fourth-order valence-electron chi connectivity index (χ4n) is 3.33. The Morgan fingerprint density at radius 3 is 2.40 bits per heavy atom. The van der Waals surface area contributed by atoms with Crippen molar-refractivity contribution < 1.29 is 22.3 Å². The molecule has 0 spiro atoms. The minimum atomic E-state index is -3.34. The molecule has 2 aromatic carbocycles. The minimum Gasteiger partial charge on any atom is -0.465 e. The van der Waals surface area contributed by atoms with Gasteiger partial charge in [0.05, 0.1) is 17.2 Å². The number of hydrogen-bond acceptors (Lipinski definition) is 5. The van der Waals surface area contributed by atoms with E-state index in [1.807, 2.05) is 0 Å². The Labute approximate surface area is 175 Å². The third kappa shape index (κ3) is 4.29. The lowest BCUT2D eigenvalue weighted by Gasteiger charge is -2.14. The second-order valence-corrected chi connectivity index (χ2v) is 8.93. The molecule has 3 aromatic rings. The van der Waals surface area contributed by atoms with Crippen LogP contribution in [0, 0.1) is 12.7 Å². The van der Waals surface area contributed by atoms with Gasteiger partial charge in [0.2, 0.25) is 0 Å². The van der Waals surface area contributed by atoms with Gasteiger partial charge < -0.3 is 15.0 Å². The molecule has 8 heteroatoms. The average molecular weight is 431 g/mol. The SMILES string of the molecule is CCOC(=O)[C@H](N)c1cc(-c2ccc(S(C)(=O)=O)cc2)n(-c2cccc(F)c2)c1C. The molecule has 0 fully saturated rings. The summed E-state index contributed by atoms with van der Waals surface area (Å²) in [7, 11) is -3.34. The van der Waals surface area contributed by atoms with E-state index in [-0.39, 0.29) is 11.5 Å². The summed E-state index contributed by atoms with van der Waals surface area (Å²) >= 11 is 0. The highest BCUT2D eigenvalue weighted by molar-refractivity contribution is 7.90. The molecule has 30 heavy (non-hydrogen) atoms. The van der Waals surface area contributed by atoms with E-state index in [1.54, 1.807) is 48.7 Å². The first kappa shape index (κ1) is 21.7. The maximum atomic E-state index is 13.9. The molecule has 1 heterocycles. The summed E-state index contributed by atoms with van der Waals surface area (Å²) in [5, 5.41) is 0. The van der Waals surface area contributed by atoms with E-state index in [2.05, 4.69) is 0 Å². The van der Waals surface area contributed by atoms with Crippen LogP contribution in [0.15, 0.2) is 59.5 Å². The molecule has 0 radical (unpaired) electrons. The predicted molar refractivity (Wildman–Crippen MR) is 113 cm³/mol. The molecule has 1 aromatic heterocycles. The molecule has 0 amide bonds. The Hall–Kier alpha value is -2.97. The average Bonchev–Trinajstić information content (AvgIpc) is 3.04. The lowest BCUT2D eigenvalue weighted by Crippen LogP contribution is -2.24. The van der Waals surface area contributed by atoms with Gasteiger partial charge in [0, 0.05) is 23.2 Å². The van der Waals surface area contributed by atoms with Crippen LogP contribution < -0.4 is 5.73 Å². The summed E-state index contributed by atoms with van der Waals surface area (Å²) in [6.07, 6.45) is 1.14. The van der Waals surface area contributed by atoms with Crippen LogP contribution >= 0.6 is 0 Å². The maximum absolute atomic E-state index is 13.9. The number of ether oxygens (including phenoxy) is 1. The van der Waals surface area contributed by atoms with E-state index < -0.39 is 27.7 Å². The Balaban J connectivity index is 2.20. The third-order valence-corrected chi connectivity index (χ3v) is 5.94. The van der Waals surface area contributed by atoms with Crippen molar-refractivity contribution in [2.24, 2.45) is 5.73 Å². The molecule has 6 nitrogen and oxygen atoms in total. The van der Waals surface area contributed by atoms with Crippen LogP contribution in [-0.2, 0) is 19.4 Å². The number of nitrogens with zero attached hydrogens (tertiary/aromatic N) is 1. The zero-order valence-corrected chi connectivity index (χ0v) is 17.7. The van der Waals surface area contributed by atoms with E-state index in [9.17, 15) is 17.6 Å². The van der Waals surface area contributed by atoms with Crippen molar-refractivity contribution in [1.82, 2.24) is 4.57 Å². The highest BCUT2D eigenvalue weighted by Crippen LogP contribution is 2.33. The Morgan fingerprint density at radius 2 is 1.83 bits per heavy atom. The number of benzene rings is 2. The molecular formula is C22H23FN2O4S. The first-order chi connectivity index (χ1) is 14.1. The van der Waals surface area contributed by atoms with Gasteiger partial charge in [0.25, 0.3) is 0 Å². The zero-order valence-electron chi connectivity index (χ0n) is 16.9. The Kier molecular flexibility index (Phi) is 6.09. The second-order valence-electron chi connectivity index (χ2n) is 6.91. The van der Waals surface area contributed by atoms with Crippen molar-refractivity contribution in [2.75, 3.05) is 12.9 Å². The second kappa shape index (κ2) is 8.41. The number of nitrogens with two attached hydrogens (primary N) is 1. The molecule has 0 aliphatic rings. The molecule has 2 N–H and O–H groups in total. The molecule has 0 aliphatic heterocycles. The van der Waals surface area contributed by atoms with Crippen molar-refractivity contribution in [2.45, 2.75) is 24.8 Å². The minimum absolute atomic E-state index is 0.190. The van der Waals surface area contributed by atoms with E-state index in [0.29, 0.717) is 28.2 Å². The number of sulfone groups is 1. The van der Waals surface area contributed by atoms with E-state index in [0.717, 1.165) is 6.26 Å². The molecule has 158 valence electrons. The maximum Gasteiger partial charge on any atom is 0.327 e. The Morgan fingerprint density at radius 1 is 1.17 bits per heavy atom. The summed E-state index contributed by atoms with van der Waals surface area (Å²) in [6.45, 7) is 3.69. The summed E-state index contributed by atoms with van der Waals surface area (Å²) in [6, 6.07) is 13.1. The van der Waals surface area contributed by atoms with Gasteiger partial charge in [0.1, 0.15) is 11.9 Å². The molecule has 3 rings (SSSR count). The highest BCUT2D eigenvalue weighted by atomic mass is 32.2. The van der Waals surface area contributed by atoms with Crippen LogP contribution in [0.1, 0.15) is 24.2 Å². The van der Waals surface area contributed by atoms with Crippen LogP contribution in [0.3, 0.4) is 0 Å². The van der Waals surface area contributed by atoms with Crippen LogP contribution in [0.4, 0.5) is 4.39 Å². The normalized spacial score (nSPS) is 12.6. The van der Waals surface area contributed by atoms with Crippen molar-refractivity contribution in [1.29, 1.82) is 0 Å². The number of halogens is 1. The lowest BCUT2D eigenvalue weighted by atomic mass is 10.1. The first-order valence-electron chi connectivity index (χ1n) is 9.34. The summed E-state index contributed by atoms with van der Waals surface area (Å²) in [4.78, 5) is 12.4. The van der Waals surface area contributed by atoms with Crippen molar-refractivity contribution in [3.8, 4) is 16.9 Å². The lowest BCUT2D eigenvalue weighted by molar-refractivity contribution is -0.144. The molecular weight excluding hydrogens is 407 g/mol. The number of esters is 1. The summed E-state index contributed by atoms with van der Waals surface area (Å²) < 4.78 is 44.3. The Bertz CT molecular complexity index is 1180. The van der Waals surface area contributed by atoms with E-state index >= 15 is 0 Å². The molecule has 0 bridgehead atoms. The third-order valence-electron chi connectivity index (χ3n) is 4.81. The van der Waals surface area contributed by atoms with Gasteiger partial charge >= 0.3 is 5.97 Å². The molecule has 0 saturated carbocycles.